The number of nitrogens with one attached hydrogen (secondary N) is 1. The number of carbonyl (C=O) groups excluding carboxylic acids is 2. The largest absolute Gasteiger partial charge is 0.415 e. The van der Waals surface area contributed by atoms with Crippen LogP contribution in [0.3, 0.4) is 0 Å². The summed E-state index contributed by atoms with van der Waals surface area (Å²) in [5, 5.41) is 2.93. The number of ether oxygens (including phenoxy) is 1. The number of aryl methyl sites for hydroxylation is 2. The number of nitrogens with zero attached hydrogens (tertiary/aromatic N) is 1. The maximum absolute atomic E-state index is 12.6. The lowest BCUT2D eigenvalue weighted by Gasteiger charge is -2.23. The molecule has 130 valence electrons. The van der Waals surface area contributed by atoms with Gasteiger partial charge in [-0.15, -0.1) is 0 Å². The summed E-state index contributed by atoms with van der Waals surface area (Å²) in [5.41, 5.74) is 2.93. The van der Waals surface area contributed by atoms with Gasteiger partial charge in [-0.25, -0.2) is 4.79 Å². The second-order valence-electron chi connectivity index (χ2n) is 6.40. The molecule has 5 heteroatoms. The zero-order chi connectivity index (χ0) is 17.8. The number of carbonyl (C=O) groups is 2. The zero-order valence-electron chi connectivity index (χ0n) is 14.5. The normalized spacial score (nSPS) is 16.6. The molecule has 1 heterocycles. The van der Waals surface area contributed by atoms with Crippen molar-refractivity contribution in [1.82, 2.24) is 4.90 Å². The molecule has 1 fully saturated rings. The van der Waals surface area contributed by atoms with Gasteiger partial charge >= 0.3 is 6.09 Å². The molecule has 1 aliphatic rings. The Morgan fingerprint density at radius 2 is 1.76 bits per heavy atom. The summed E-state index contributed by atoms with van der Waals surface area (Å²) < 4.78 is 5.37. The molecule has 0 aromatic heterocycles. The van der Waals surface area contributed by atoms with Crippen molar-refractivity contribution in [3.8, 4) is 5.75 Å². The Labute approximate surface area is 147 Å². The van der Waals surface area contributed by atoms with E-state index in [0.29, 0.717) is 18.7 Å². The number of rotatable bonds is 3. The Morgan fingerprint density at radius 3 is 2.44 bits per heavy atom. The van der Waals surface area contributed by atoms with Crippen molar-refractivity contribution in [3.63, 3.8) is 0 Å². The van der Waals surface area contributed by atoms with Crippen molar-refractivity contribution in [2.45, 2.75) is 32.7 Å². The van der Waals surface area contributed by atoms with E-state index in [-0.39, 0.29) is 5.91 Å². The van der Waals surface area contributed by atoms with Crippen molar-refractivity contribution in [3.05, 3.63) is 59.7 Å². The van der Waals surface area contributed by atoms with E-state index in [1.165, 1.54) is 4.90 Å². The van der Waals surface area contributed by atoms with Gasteiger partial charge in [0.2, 0.25) is 5.91 Å². The van der Waals surface area contributed by atoms with Crippen molar-refractivity contribution in [2.24, 2.45) is 0 Å². The maximum atomic E-state index is 12.6. The average Bonchev–Trinajstić information content (AvgIpc) is 3.04. The first-order chi connectivity index (χ1) is 12.0. The van der Waals surface area contributed by atoms with Crippen LogP contribution in [-0.4, -0.2) is 29.5 Å². The van der Waals surface area contributed by atoms with E-state index in [1.54, 1.807) is 24.3 Å². The van der Waals surface area contributed by atoms with Crippen LogP contribution in [0.1, 0.15) is 24.0 Å². The lowest BCUT2D eigenvalue weighted by Crippen LogP contribution is -2.44. The first-order valence-corrected chi connectivity index (χ1v) is 8.45. The van der Waals surface area contributed by atoms with Gasteiger partial charge in [-0.2, -0.15) is 0 Å². The highest BCUT2D eigenvalue weighted by Crippen LogP contribution is 2.22. The van der Waals surface area contributed by atoms with Gasteiger partial charge in [-0.1, -0.05) is 24.3 Å². The van der Waals surface area contributed by atoms with Gasteiger partial charge in [-0.05, 0) is 62.1 Å². The summed E-state index contributed by atoms with van der Waals surface area (Å²) in [6, 6.07) is 14.3. The monoisotopic (exact) mass is 338 g/mol. The summed E-state index contributed by atoms with van der Waals surface area (Å²) in [6.07, 6.45) is 0.944. The van der Waals surface area contributed by atoms with Crippen LogP contribution in [0.5, 0.6) is 5.75 Å². The topological polar surface area (TPSA) is 58.6 Å². The van der Waals surface area contributed by atoms with E-state index in [0.717, 1.165) is 23.2 Å². The fourth-order valence-corrected chi connectivity index (χ4v) is 3.18. The third-order valence-electron chi connectivity index (χ3n) is 4.23. The van der Waals surface area contributed by atoms with Gasteiger partial charge in [0.1, 0.15) is 11.8 Å². The van der Waals surface area contributed by atoms with Crippen molar-refractivity contribution in [2.75, 3.05) is 11.9 Å². The minimum Gasteiger partial charge on any atom is -0.410 e. The smallest absolute Gasteiger partial charge is 0.410 e. The Morgan fingerprint density at radius 1 is 1.08 bits per heavy atom. The molecule has 25 heavy (non-hydrogen) atoms. The third kappa shape index (κ3) is 4.18. The highest BCUT2D eigenvalue weighted by Gasteiger charge is 2.35. The van der Waals surface area contributed by atoms with E-state index in [1.807, 2.05) is 32.0 Å². The number of benzene rings is 2. The van der Waals surface area contributed by atoms with Crippen LogP contribution in [0, 0.1) is 13.8 Å². The van der Waals surface area contributed by atoms with E-state index in [2.05, 4.69) is 11.4 Å². The molecule has 2 aromatic carbocycles. The molecular weight excluding hydrogens is 316 g/mol. The molecule has 0 bridgehead atoms. The van der Waals surface area contributed by atoms with Crippen LogP contribution in [-0.2, 0) is 4.79 Å². The number of para-hydroxylation sites is 1. The molecule has 0 spiro atoms. The second-order valence-corrected chi connectivity index (χ2v) is 6.40. The molecule has 0 radical (unpaired) electrons. The molecule has 0 saturated carbocycles. The molecule has 1 N–H and O–H groups in total. The lowest BCUT2D eigenvalue weighted by atomic mass is 10.1. The Balaban J connectivity index is 1.68. The minimum absolute atomic E-state index is 0.174. The number of anilines is 1. The van der Waals surface area contributed by atoms with Crippen LogP contribution < -0.4 is 10.1 Å². The average molecular weight is 338 g/mol. The van der Waals surface area contributed by atoms with Crippen molar-refractivity contribution < 1.29 is 14.3 Å². The molecule has 2 aromatic rings. The fourth-order valence-electron chi connectivity index (χ4n) is 3.18. The predicted molar refractivity (Wildman–Crippen MR) is 96.7 cm³/mol. The summed E-state index contributed by atoms with van der Waals surface area (Å²) >= 11 is 0. The molecule has 0 unspecified atom stereocenters. The van der Waals surface area contributed by atoms with Gasteiger partial charge < -0.3 is 10.1 Å². The number of hydrogen-bond acceptors (Lipinski definition) is 3. The molecule has 5 nitrogen and oxygen atoms in total. The molecule has 0 aliphatic carbocycles. The molecule has 1 aliphatic heterocycles. The van der Waals surface area contributed by atoms with Gasteiger partial charge in [0, 0.05) is 12.2 Å². The van der Waals surface area contributed by atoms with E-state index >= 15 is 0 Å². The highest BCUT2D eigenvalue weighted by molar-refractivity contribution is 5.97. The lowest BCUT2D eigenvalue weighted by molar-refractivity contribution is -0.119. The van der Waals surface area contributed by atoms with Gasteiger partial charge in [0.05, 0.1) is 0 Å². The summed E-state index contributed by atoms with van der Waals surface area (Å²) in [6.45, 7) is 4.50. The summed E-state index contributed by atoms with van der Waals surface area (Å²) in [4.78, 5) is 26.6. The van der Waals surface area contributed by atoms with Crippen LogP contribution in [0.25, 0.3) is 0 Å². The van der Waals surface area contributed by atoms with Crippen LogP contribution in [0.15, 0.2) is 48.5 Å². The van der Waals surface area contributed by atoms with Gasteiger partial charge in [-0.3, -0.25) is 9.69 Å². The van der Waals surface area contributed by atoms with Crippen molar-refractivity contribution >= 4 is 17.7 Å². The molecule has 1 saturated heterocycles. The van der Waals surface area contributed by atoms with Crippen LogP contribution >= 0.6 is 0 Å². The van der Waals surface area contributed by atoms with Gasteiger partial charge in [0.25, 0.3) is 0 Å². The maximum Gasteiger partial charge on any atom is 0.415 e. The Bertz CT molecular complexity index is 754. The first-order valence-electron chi connectivity index (χ1n) is 8.45. The van der Waals surface area contributed by atoms with E-state index in [9.17, 15) is 9.59 Å². The summed E-state index contributed by atoms with van der Waals surface area (Å²) in [7, 11) is 0. The number of hydrogen-bond donors (Lipinski definition) is 1. The quantitative estimate of drug-likeness (QED) is 0.923. The highest BCUT2D eigenvalue weighted by atomic mass is 16.6. The Kier molecular flexibility index (Phi) is 5.03. The molecular formula is C20H22N2O3. The van der Waals surface area contributed by atoms with Crippen molar-refractivity contribution in [1.29, 1.82) is 0 Å². The Hall–Kier alpha value is -2.82. The van der Waals surface area contributed by atoms with Crippen LogP contribution in [0.2, 0.25) is 0 Å². The molecule has 2 amide bonds. The van der Waals surface area contributed by atoms with Gasteiger partial charge in [0.15, 0.2) is 0 Å². The van der Waals surface area contributed by atoms with E-state index < -0.39 is 12.1 Å². The fraction of sp³-hybridized carbons (Fsp3) is 0.300. The zero-order valence-corrected chi connectivity index (χ0v) is 14.5. The molecule has 1 atom stereocenters. The first kappa shape index (κ1) is 17.0. The summed E-state index contributed by atoms with van der Waals surface area (Å²) in [5.74, 6) is 0.306. The number of amides is 2. The predicted octanol–water partition coefficient (Wildman–Crippen LogP) is 3.91. The SMILES string of the molecule is Cc1cc(C)cc(NC(=O)[C@@H]2CCCN2C(=O)Oc2ccccc2)c1. The van der Waals surface area contributed by atoms with E-state index in [4.69, 9.17) is 4.74 Å². The second kappa shape index (κ2) is 7.38. The van der Waals surface area contributed by atoms with Crippen LogP contribution in [0.4, 0.5) is 10.5 Å². The minimum atomic E-state index is -0.503. The third-order valence-corrected chi connectivity index (χ3v) is 4.23. The molecule has 3 rings (SSSR count). The number of likely N-dealkylation sites (tertiary alicyclic amines) is 1. The standard InChI is InChI=1S/C20H22N2O3/c1-14-11-15(2)13-16(12-14)21-19(23)18-9-6-10-22(18)20(24)25-17-7-4-3-5-8-17/h3-5,7-8,11-13,18H,6,9-10H2,1-2H3,(H,21,23)/t18-/m0/s1.